The van der Waals surface area contributed by atoms with Gasteiger partial charge in [0.15, 0.2) is 5.96 Å². The smallest absolute Gasteiger partial charge is 0.195 e. The topological polar surface area (TPSA) is 54.2 Å². The molecule has 1 aliphatic heterocycles. The van der Waals surface area contributed by atoms with E-state index >= 15 is 0 Å². The largest absolute Gasteiger partial charge is 0.354 e. The van der Waals surface area contributed by atoms with Gasteiger partial charge in [0.1, 0.15) is 5.82 Å². The Kier molecular flexibility index (Phi) is 2.69. The van der Waals surface area contributed by atoms with Crippen LogP contribution in [0.1, 0.15) is 17.0 Å². The van der Waals surface area contributed by atoms with Crippen LogP contribution in [0.2, 0.25) is 0 Å². The first-order chi connectivity index (χ1) is 9.08. The number of imidazole rings is 1. The number of nitrogens with zero attached hydrogens (tertiary/aromatic N) is 3. The predicted octanol–water partition coefficient (Wildman–Crippen LogP) is 1.87. The van der Waals surface area contributed by atoms with Crippen LogP contribution in [0.25, 0.3) is 11.0 Å². The van der Waals surface area contributed by atoms with Crippen molar-refractivity contribution < 1.29 is 0 Å². The standard InChI is InChI=1S/C14H19N5/c1-8-7-11(18-14-15-5-6-16-14)9(2)12-13(8)19(4)10(3)17-12/h7H,5-6H2,1-4H3,(H2,15,16,18). The zero-order chi connectivity index (χ0) is 13.6. The first kappa shape index (κ1) is 12.0. The fraction of sp³-hybridized carbons (Fsp3) is 0.429. The molecule has 0 saturated heterocycles. The van der Waals surface area contributed by atoms with Crippen LogP contribution in [-0.2, 0) is 7.05 Å². The number of hydrogen-bond donors (Lipinski definition) is 2. The number of fused-ring (bicyclic) bond motifs is 1. The van der Waals surface area contributed by atoms with Gasteiger partial charge in [-0.25, -0.2) is 4.98 Å². The summed E-state index contributed by atoms with van der Waals surface area (Å²) < 4.78 is 2.15. The number of rotatable bonds is 1. The van der Waals surface area contributed by atoms with Crippen molar-refractivity contribution in [2.45, 2.75) is 20.8 Å². The molecule has 0 unspecified atom stereocenters. The third kappa shape index (κ3) is 1.85. The minimum Gasteiger partial charge on any atom is -0.354 e. The highest BCUT2D eigenvalue weighted by atomic mass is 15.2. The molecule has 0 atom stereocenters. The molecule has 1 aliphatic rings. The second-order valence-electron chi connectivity index (χ2n) is 5.06. The molecule has 100 valence electrons. The highest BCUT2D eigenvalue weighted by Gasteiger charge is 2.14. The Morgan fingerprint density at radius 1 is 1.32 bits per heavy atom. The van der Waals surface area contributed by atoms with Gasteiger partial charge in [0, 0.05) is 24.8 Å². The fourth-order valence-electron chi connectivity index (χ4n) is 2.58. The zero-order valence-electron chi connectivity index (χ0n) is 11.8. The highest BCUT2D eigenvalue weighted by Crippen LogP contribution is 2.28. The van der Waals surface area contributed by atoms with Crippen LogP contribution in [0.15, 0.2) is 11.1 Å². The van der Waals surface area contributed by atoms with Crippen LogP contribution in [-0.4, -0.2) is 28.6 Å². The quantitative estimate of drug-likeness (QED) is 0.820. The van der Waals surface area contributed by atoms with Gasteiger partial charge in [-0.1, -0.05) is 0 Å². The van der Waals surface area contributed by atoms with Crippen LogP contribution in [0.3, 0.4) is 0 Å². The number of hydrogen-bond acceptors (Lipinski definition) is 4. The minimum atomic E-state index is 0.839. The van der Waals surface area contributed by atoms with Crippen LogP contribution >= 0.6 is 0 Å². The normalized spacial score (nSPS) is 14.6. The molecule has 2 aromatic rings. The first-order valence-corrected chi connectivity index (χ1v) is 6.56. The van der Waals surface area contributed by atoms with Crippen LogP contribution < -0.4 is 10.6 Å². The van der Waals surface area contributed by atoms with E-state index in [1.807, 2.05) is 6.92 Å². The van der Waals surface area contributed by atoms with Crippen molar-refractivity contribution in [2.75, 3.05) is 18.4 Å². The average molecular weight is 257 g/mol. The SMILES string of the molecule is Cc1c(NC2=NCCN2)cc(C)c2c1nc(C)n2C. The Hall–Kier alpha value is -2.04. The molecule has 0 spiro atoms. The summed E-state index contributed by atoms with van der Waals surface area (Å²) in [6, 6.07) is 2.17. The fourth-order valence-corrected chi connectivity index (χ4v) is 2.58. The molecule has 0 bridgehead atoms. The molecule has 5 heteroatoms. The number of aromatic nitrogens is 2. The molecule has 2 heterocycles. The molecule has 0 amide bonds. The van der Waals surface area contributed by atoms with Crippen molar-refractivity contribution in [3.8, 4) is 0 Å². The molecule has 0 aliphatic carbocycles. The maximum Gasteiger partial charge on any atom is 0.195 e. The summed E-state index contributed by atoms with van der Waals surface area (Å²) in [5.74, 6) is 1.89. The van der Waals surface area contributed by atoms with Gasteiger partial charge in [0.2, 0.25) is 0 Å². The predicted molar refractivity (Wildman–Crippen MR) is 78.9 cm³/mol. The third-order valence-corrected chi connectivity index (χ3v) is 3.74. The summed E-state index contributed by atoms with van der Waals surface area (Å²) in [6.45, 7) is 8.01. The summed E-state index contributed by atoms with van der Waals surface area (Å²) in [5.41, 5.74) is 5.75. The van der Waals surface area contributed by atoms with Crippen molar-refractivity contribution in [3.05, 3.63) is 23.0 Å². The summed E-state index contributed by atoms with van der Waals surface area (Å²) in [4.78, 5) is 9.04. The van der Waals surface area contributed by atoms with Crippen molar-refractivity contribution in [1.29, 1.82) is 0 Å². The summed E-state index contributed by atoms with van der Waals surface area (Å²) in [6.07, 6.45) is 0. The molecule has 0 saturated carbocycles. The van der Waals surface area contributed by atoms with Crippen LogP contribution in [0, 0.1) is 20.8 Å². The lowest BCUT2D eigenvalue weighted by Gasteiger charge is -2.12. The minimum absolute atomic E-state index is 0.839. The summed E-state index contributed by atoms with van der Waals surface area (Å²) >= 11 is 0. The number of benzene rings is 1. The Labute approximate surface area is 112 Å². The van der Waals surface area contributed by atoms with Gasteiger partial charge < -0.3 is 15.2 Å². The Balaban J connectivity index is 2.13. The van der Waals surface area contributed by atoms with Gasteiger partial charge >= 0.3 is 0 Å². The number of aliphatic imine (C=N–C) groups is 1. The Morgan fingerprint density at radius 3 is 2.79 bits per heavy atom. The van der Waals surface area contributed by atoms with Crippen molar-refractivity contribution in [3.63, 3.8) is 0 Å². The lowest BCUT2D eigenvalue weighted by molar-refractivity contribution is 0.883. The second kappa shape index (κ2) is 4.26. The Bertz CT molecular complexity index is 681. The summed E-state index contributed by atoms with van der Waals surface area (Å²) in [7, 11) is 2.06. The van der Waals surface area contributed by atoms with Gasteiger partial charge in [-0.3, -0.25) is 4.99 Å². The average Bonchev–Trinajstić information content (AvgIpc) is 2.96. The molecule has 0 radical (unpaired) electrons. The van der Waals surface area contributed by atoms with Crippen LogP contribution in [0.4, 0.5) is 5.69 Å². The van der Waals surface area contributed by atoms with Crippen LogP contribution in [0.5, 0.6) is 0 Å². The molecule has 3 rings (SSSR count). The molecule has 1 aromatic carbocycles. The lowest BCUT2D eigenvalue weighted by Crippen LogP contribution is -2.26. The van der Waals surface area contributed by atoms with Crippen molar-refractivity contribution >= 4 is 22.7 Å². The number of guanidine groups is 1. The molecule has 2 N–H and O–H groups in total. The molecular weight excluding hydrogens is 238 g/mol. The van der Waals surface area contributed by atoms with E-state index in [-0.39, 0.29) is 0 Å². The van der Waals surface area contributed by atoms with E-state index in [9.17, 15) is 0 Å². The number of nitrogens with one attached hydrogen (secondary N) is 2. The van der Waals surface area contributed by atoms with Gasteiger partial charge in [-0.15, -0.1) is 0 Å². The Morgan fingerprint density at radius 2 is 2.11 bits per heavy atom. The molecule has 19 heavy (non-hydrogen) atoms. The van der Waals surface area contributed by atoms with E-state index in [2.05, 4.69) is 52.1 Å². The van der Waals surface area contributed by atoms with E-state index in [0.717, 1.165) is 36.1 Å². The van der Waals surface area contributed by atoms with E-state index in [1.165, 1.54) is 16.6 Å². The van der Waals surface area contributed by atoms with E-state index in [1.54, 1.807) is 0 Å². The monoisotopic (exact) mass is 257 g/mol. The number of anilines is 1. The maximum absolute atomic E-state index is 4.67. The molecule has 5 nitrogen and oxygen atoms in total. The number of aryl methyl sites for hydroxylation is 4. The van der Waals surface area contributed by atoms with Crippen molar-refractivity contribution in [1.82, 2.24) is 14.9 Å². The van der Waals surface area contributed by atoms with Gasteiger partial charge in [0.25, 0.3) is 0 Å². The third-order valence-electron chi connectivity index (χ3n) is 3.74. The molecule has 1 aromatic heterocycles. The van der Waals surface area contributed by atoms with Crippen molar-refractivity contribution in [2.24, 2.45) is 12.0 Å². The summed E-state index contributed by atoms with van der Waals surface area (Å²) in [5, 5.41) is 6.59. The maximum atomic E-state index is 4.67. The van der Waals surface area contributed by atoms with Gasteiger partial charge in [0.05, 0.1) is 17.6 Å². The highest BCUT2D eigenvalue weighted by molar-refractivity contribution is 5.98. The van der Waals surface area contributed by atoms with Gasteiger partial charge in [-0.05, 0) is 32.4 Å². The van der Waals surface area contributed by atoms with Gasteiger partial charge in [-0.2, -0.15) is 0 Å². The lowest BCUT2D eigenvalue weighted by atomic mass is 10.1. The first-order valence-electron chi connectivity index (χ1n) is 6.56. The van der Waals surface area contributed by atoms with E-state index < -0.39 is 0 Å². The second-order valence-corrected chi connectivity index (χ2v) is 5.06. The molecule has 0 fully saturated rings. The zero-order valence-corrected chi connectivity index (χ0v) is 11.8. The van der Waals surface area contributed by atoms with E-state index in [0.29, 0.717) is 0 Å². The molecular formula is C14H19N5. The van der Waals surface area contributed by atoms with E-state index in [4.69, 9.17) is 0 Å².